The van der Waals surface area contributed by atoms with Crippen molar-refractivity contribution in [2.45, 2.75) is 51.0 Å². The molecule has 12 heteroatoms. The van der Waals surface area contributed by atoms with Gasteiger partial charge in [-0.15, -0.1) is 0 Å². The smallest absolute Gasteiger partial charge is 0.439 e. The highest BCUT2D eigenvalue weighted by Crippen LogP contribution is 2.43. The van der Waals surface area contributed by atoms with Gasteiger partial charge in [0, 0.05) is 18.6 Å². The third-order valence-corrected chi connectivity index (χ3v) is 5.93. The number of halogens is 4. The fourth-order valence-corrected chi connectivity index (χ4v) is 4.14. The Hall–Kier alpha value is -2.79. The number of nitrogens with one attached hydrogen (secondary N) is 1. The van der Waals surface area contributed by atoms with Gasteiger partial charge in [0.2, 0.25) is 0 Å². The zero-order valence-corrected chi connectivity index (χ0v) is 18.3. The molecule has 0 atom stereocenters. The third-order valence-electron chi connectivity index (χ3n) is 5.62. The summed E-state index contributed by atoms with van der Waals surface area (Å²) >= 11 is 6.27. The number of oxazole rings is 1. The van der Waals surface area contributed by atoms with Crippen molar-refractivity contribution in [1.29, 1.82) is 0 Å². The molecule has 2 aromatic heterocycles. The van der Waals surface area contributed by atoms with E-state index in [1.54, 1.807) is 18.2 Å². The van der Waals surface area contributed by atoms with Crippen molar-refractivity contribution in [2.75, 3.05) is 7.11 Å². The predicted octanol–water partition coefficient (Wildman–Crippen LogP) is 5.23. The summed E-state index contributed by atoms with van der Waals surface area (Å²) in [4.78, 5) is 18.0. The normalized spacial score (nSPS) is 19.1. The van der Waals surface area contributed by atoms with E-state index in [4.69, 9.17) is 25.5 Å². The van der Waals surface area contributed by atoms with E-state index in [0.29, 0.717) is 41.5 Å². The van der Waals surface area contributed by atoms with E-state index < -0.39 is 17.9 Å². The van der Waals surface area contributed by atoms with Gasteiger partial charge in [-0.3, -0.25) is 9.51 Å². The molecule has 3 aromatic rings. The number of benzene rings is 1. The van der Waals surface area contributed by atoms with Crippen LogP contribution in [0.25, 0.3) is 11.4 Å². The molecule has 0 radical (unpaired) electrons. The number of nitrogens with zero attached hydrogens (tertiary/aromatic N) is 2. The molecule has 0 aliphatic heterocycles. The van der Waals surface area contributed by atoms with E-state index in [2.05, 4.69) is 19.6 Å². The number of aromatic amines is 1. The van der Waals surface area contributed by atoms with Gasteiger partial charge in [0.15, 0.2) is 17.5 Å². The largest absolute Gasteiger partial charge is 0.486 e. The van der Waals surface area contributed by atoms with Crippen LogP contribution in [0.4, 0.5) is 13.2 Å². The van der Waals surface area contributed by atoms with E-state index in [1.165, 1.54) is 7.11 Å². The Morgan fingerprint density at radius 2 is 1.97 bits per heavy atom. The van der Waals surface area contributed by atoms with Gasteiger partial charge in [-0.05, 0) is 43.9 Å². The highest BCUT2D eigenvalue weighted by molar-refractivity contribution is 6.33. The number of aromatic nitrogens is 3. The van der Waals surface area contributed by atoms with E-state index in [1.807, 2.05) is 0 Å². The standard InChI is InChI=1S/C21H21ClF3N3O5/c1-30-9-16-17(32-19(26-16)11-2-4-12(5-3-11)21(23,24)25)10-31-13-6-7-14(15(22)8-13)18-27-20(29)33-28-18/h6-8,11-12H,2-5,9-10H2,1H3,(H,27,28,29)/t11-,12-. The van der Waals surface area contributed by atoms with Crippen LogP contribution in [0.1, 0.15) is 48.9 Å². The molecule has 0 spiro atoms. The molecule has 8 nitrogen and oxygen atoms in total. The van der Waals surface area contributed by atoms with Gasteiger partial charge >= 0.3 is 11.9 Å². The number of hydrogen-bond donors (Lipinski definition) is 1. The summed E-state index contributed by atoms with van der Waals surface area (Å²) in [6, 6.07) is 4.81. The maximum Gasteiger partial charge on any atom is 0.439 e. The molecule has 1 N–H and O–H groups in total. The summed E-state index contributed by atoms with van der Waals surface area (Å²) in [5, 5.41) is 3.89. The number of alkyl halides is 3. The second-order valence-electron chi connectivity index (χ2n) is 7.82. The summed E-state index contributed by atoms with van der Waals surface area (Å²) in [6.07, 6.45) is -3.33. The Kier molecular flexibility index (Phi) is 6.80. The Labute approximate surface area is 191 Å². The molecular formula is C21H21ClF3N3O5. The topological polar surface area (TPSA) is 103 Å². The molecule has 1 fully saturated rings. The summed E-state index contributed by atoms with van der Waals surface area (Å²) in [5.74, 6) is -0.671. The molecule has 33 heavy (non-hydrogen) atoms. The highest BCUT2D eigenvalue weighted by Gasteiger charge is 2.42. The number of ether oxygens (including phenoxy) is 2. The number of hydrogen-bond acceptors (Lipinski definition) is 7. The average Bonchev–Trinajstić information content (AvgIpc) is 3.38. The fourth-order valence-electron chi connectivity index (χ4n) is 3.88. The van der Waals surface area contributed by atoms with Crippen LogP contribution in [-0.4, -0.2) is 28.4 Å². The SMILES string of the molecule is COCc1nc([C@H]2CC[C@H](C(F)(F)F)CC2)oc1COc1ccc(-c2noc(=O)[nH]2)c(Cl)c1. The van der Waals surface area contributed by atoms with Gasteiger partial charge < -0.3 is 13.9 Å². The third kappa shape index (κ3) is 5.41. The second-order valence-corrected chi connectivity index (χ2v) is 8.23. The quantitative estimate of drug-likeness (QED) is 0.486. The van der Waals surface area contributed by atoms with E-state index in [0.717, 1.165) is 0 Å². The van der Waals surface area contributed by atoms with Gasteiger partial charge in [-0.2, -0.15) is 13.2 Å². The van der Waals surface area contributed by atoms with Crippen LogP contribution < -0.4 is 10.5 Å². The molecule has 0 saturated heterocycles. The lowest BCUT2D eigenvalue weighted by Gasteiger charge is -2.28. The van der Waals surface area contributed by atoms with Crippen LogP contribution in [0.2, 0.25) is 5.02 Å². The molecule has 0 unspecified atom stereocenters. The van der Waals surface area contributed by atoms with Crippen molar-refractivity contribution < 1.29 is 31.6 Å². The molecule has 2 heterocycles. The zero-order valence-electron chi connectivity index (χ0n) is 17.6. The predicted molar refractivity (Wildman–Crippen MR) is 110 cm³/mol. The molecule has 178 valence electrons. The van der Waals surface area contributed by atoms with Gasteiger partial charge in [-0.25, -0.2) is 9.78 Å². The fraction of sp³-hybridized carbons (Fsp3) is 0.476. The molecule has 1 aromatic carbocycles. The molecule has 4 rings (SSSR count). The lowest BCUT2D eigenvalue weighted by molar-refractivity contribution is -0.182. The van der Waals surface area contributed by atoms with Gasteiger partial charge in [0.05, 0.1) is 17.5 Å². The Morgan fingerprint density at radius 3 is 2.58 bits per heavy atom. The van der Waals surface area contributed by atoms with Crippen molar-refractivity contribution in [3.05, 3.63) is 51.1 Å². The van der Waals surface area contributed by atoms with Gasteiger partial charge in [0.1, 0.15) is 18.1 Å². The minimum absolute atomic E-state index is 0.0278. The summed E-state index contributed by atoms with van der Waals surface area (Å²) in [5.41, 5.74) is 1.000. The first-order valence-corrected chi connectivity index (χ1v) is 10.6. The van der Waals surface area contributed by atoms with Crippen molar-refractivity contribution in [2.24, 2.45) is 5.92 Å². The lowest BCUT2D eigenvalue weighted by atomic mass is 9.81. The Morgan fingerprint density at radius 1 is 1.21 bits per heavy atom. The first-order chi connectivity index (χ1) is 15.7. The molecule has 1 aliphatic rings. The van der Waals surface area contributed by atoms with Crippen LogP contribution in [0.5, 0.6) is 5.75 Å². The van der Waals surface area contributed by atoms with Crippen molar-refractivity contribution in [3.63, 3.8) is 0 Å². The van der Waals surface area contributed by atoms with Gasteiger partial charge in [-0.1, -0.05) is 16.8 Å². The number of rotatable bonds is 7. The molecule has 1 aliphatic carbocycles. The number of methoxy groups -OCH3 is 1. The first kappa shape index (κ1) is 23.4. The maximum atomic E-state index is 12.9. The van der Waals surface area contributed by atoms with Crippen LogP contribution >= 0.6 is 11.6 Å². The van der Waals surface area contributed by atoms with Crippen LogP contribution in [0, 0.1) is 5.92 Å². The lowest BCUT2D eigenvalue weighted by Crippen LogP contribution is -2.27. The van der Waals surface area contributed by atoms with E-state index in [-0.39, 0.29) is 42.8 Å². The molecule has 1 saturated carbocycles. The average molecular weight is 488 g/mol. The maximum absolute atomic E-state index is 12.9. The van der Waals surface area contributed by atoms with Crippen molar-refractivity contribution in [3.8, 4) is 17.1 Å². The Bertz CT molecular complexity index is 1150. The second kappa shape index (κ2) is 9.60. The van der Waals surface area contributed by atoms with Crippen LogP contribution in [0.15, 0.2) is 31.9 Å². The van der Waals surface area contributed by atoms with E-state index >= 15 is 0 Å². The Balaban J connectivity index is 1.44. The minimum atomic E-state index is -4.17. The molecular weight excluding hydrogens is 467 g/mol. The summed E-state index contributed by atoms with van der Waals surface area (Å²) in [6.45, 7) is 0.208. The summed E-state index contributed by atoms with van der Waals surface area (Å²) < 4.78 is 60.2. The number of H-pyrrole nitrogens is 1. The highest BCUT2D eigenvalue weighted by atomic mass is 35.5. The van der Waals surface area contributed by atoms with Crippen LogP contribution in [0.3, 0.4) is 0 Å². The molecule has 0 bridgehead atoms. The minimum Gasteiger partial charge on any atom is -0.486 e. The molecule has 0 amide bonds. The monoisotopic (exact) mass is 487 g/mol. The van der Waals surface area contributed by atoms with Crippen molar-refractivity contribution in [1.82, 2.24) is 15.1 Å². The van der Waals surface area contributed by atoms with Gasteiger partial charge in [0.25, 0.3) is 0 Å². The first-order valence-electron chi connectivity index (χ1n) is 10.3. The van der Waals surface area contributed by atoms with E-state index in [9.17, 15) is 18.0 Å². The van der Waals surface area contributed by atoms with Crippen molar-refractivity contribution >= 4 is 11.6 Å². The zero-order chi connectivity index (χ0) is 23.6. The van der Waals surface area contributed by atoms with Crippen LogP contribution in [-0.2, 0) is 18.0 Å². The summed E-state index contributed by atoms with van der Waals surface area (Å²) in [7, 11) is 1.51.